The van der Waals surface area contributed by atoms with Gasteiger partial charge in [0, 0.05) is 24.2 Å². The van der Waals surface area contributed by atoms with Gasteiger partial charge in [0.05, 0.1) is 0 Å². The van der Waals surface area contributed by atoms with Gasteiger partial charge in [0.25, 0.3) is 0 Å². The zero-order valence-electron chi connectivity index (χ0n) is 12.8. The molecule has 108 valence electrons. The van der Waals surface area contributed by atoms with Crippen LogP contribution in [0.15, 0.2) is 0 Å². The molecule has 0 saturated carbocycles. The Morgan fingerprint density at radius 1 is 0.842 bits per heavy atom. The number of fused-ring (bicyclic) bond motifs is 1. The highest BCUT2D eigenvalue weighted by Crippen LogP contribution is 2.32. The van der Waals surface area contributed by atoms with Crippen molar-refractivity contribution in [1.29, 1.82) is 0 Å². The van der Waals surface area contributed by atoms with Crippen LogP contribution in [0.2, 0.25) is 0 Å². The molecule has 0 aliphatic carbocycles. The minimum absolute atomic E-state index is 0.116. The zero-order valence-corrected chi connectivity index (χ0v) is 12.8. The number of nitrogens with one attached hydrogen (secondary N) is 1. The molecule has 1 N–H and O–H groups in total. The Morgan fingerprint density at radius 2 is 1.16 bits per heavy atom. The lowest BCUT2D eigenvalue weighted by atomic mass is 9.92. The Bertz CT molecular complexity index is 368. The second-order valence-corrected chi connectivity index (χ2v) is 7.47. The summed E-state index contributed by atoms with van der Waals surface area (Å²) in [5, 5.41) is 2.50. The normalized spacial score (nSPS) is 30.4. The molecule has 0 radical (unpaired) electrons. The van der Waals surface area contributed by atoms with Gasteiger partial charge in [-0.3, -0.25) is 24.7 Å². The average molecular weight is 267 g/mol. The Balaban J connectivity index is 2.38. The summed E-state index contributed by atoms with van der Waals surface area (Å²) in [6.45, 7) is 14.2. The van der Waals surface area contributed by atoms with E-state index < -0.39 is 0 Å². The third-order valence-electron chi connectivity index (χ3n) is 4.06. The van der Waals surface area contributed by atoms with Crippen LogP contribution in [0, 0.1) is 0 Å². The van der Waals surface area contributed by atoms with Crippen molar-refractivity contribution in [1.82, 2.24) is 15.1 Å². The van der Waals surface area contributed by atoms with Crippen LogP contribution in [0.3, 0.4) is 0 Å². The fourth-order valence-electron chi connectivity index (χ4n) is 3.18. The first-order valence-electron chi connectivity index (χ1n) is 6.91. The lowest BCUT2D eigenvalue weighted by molar-refractivity contribution is -0.134. The van der Waals surface area contributed by atoms with Gasteiger partial charge in [-0.25, -0.2) is 0 Å². The van der Waals surface area contributed by atoms with E-state index in [1.165, 1.54) is 0 Å². The van der Waals surface area contributed by atoms with Gasteiger partial charge in [-0.2, -0.15) is 0 Å². The second-order valence-electron chi connectivity index (χ2n) is 7.47. The first kappa shape index (κ1) is 14.5. The molecule has 0 bridgehead atoms. The lowest BCUT2D eigenvalue weighted by Gasteiger charge is -2.51. The maximum absolute atomic E-state index is 12.1. The van der Waals surface area contributed by atoms with Crippen LogP contribution in [0.1, 0.15) is 41.5 Å². The van der Waals surface area contributed by atoms with Crippen molar-refractivity contribution in [3.05, 3.63) is 0 Å². The Morgan fingerprint density at radius 3 is 1.42 bits per heavy atom. The molecule has 2 aliphatic rings. The quantitative estimate of drug-likeness (QED) is 0.653. The van der Waals surface area contributed by atoms with E-state index in [1.807, 2.05) is 0 Å². The largest absolute Gasteiger partial charge is 0.294 e. The Kier molecular flexibility index (Phi) is 3.26. The van der Waals surface area contributed by atoms with E-state index in [0.717, 1.165) is 13.1 Å². The fraction of sp³-hybridized carbons (Fsp3) is 0.857. The van der Waals surface area contributed by atoms with Crippen LogP contribution < -0.4 is 5.32 Å². The average Bonchev–Trinajstić information content (AvgIpc) is 2.51. The summed E-state index contributed by atoms with van der Waals surface area (Å²) in [7, 11) is 0. The monoisotopic (exact) mass is 267 g/mol. The molecular weight excluding hydrogens is 242 g/mol. The number of carbonyl (C=O) groups excluding carboxylic acids is 2. The van der Waals surface area contributed by atoms with Gasteiger partial charge < -0.3 is 0 Å². The van der Waals surface area contributed by atoms with Crippen LogP contribution in [0.4, 0.5) is 0 Å². The summed E-state index contributed by atoms with van der Waals surface area (Å²) in [5.41, 5.74) is -0.232. The molecule has 0 aromatic heterocycles. The smallest absolute Gasteiger partial charge is 0.246 e. The van der Waals surface area contributed by atoms with Gasteiger partial charge in [-0.15, -0.1) is 0 Å². The number of nitrogens with zero attached hydrogens (tertiary/aromatic N) is 2. The molecular formula is C14H25N3O2. The van der Waals surface area contributed by atoms with Crippen molar-refractivity contribution in [3.8, 4) is 0 Å². The minimum atomic E-state index is -0.361. The van der Waals surface area contributed by atoms with Gasteiger partial charge in [0.15, 0.2) is 0 Å². The zero-order chi connectivity index (χ0) is 14.6. The summed E-state index contributed by atoms with van der Waals surface area (Å²) >= 11 is 0. The number of imide groups is 1. The van der Waals surface area contributed by atoms with Crippen LogP contribution in [0.5, 0.6) is 0 Å². The molecule has 19 heavy (non-hydrogen) atoms. The second kappa shape index (κ2) is 4.28. The molecule has 5 nitrogen and oxygen atoms in total. The molecule has 2 saturated heterocycles. The molecule has 2 rings (SSSR count). The molecule has 2 amide bonds. The molecule has 0 aromatic carbocycles. The molecule has 0 aromatic rings. The van der Waals surface area contributed by atoms with E-state index in [0.29, 0.717) is 0 Å². The van der Waals surface area contributed by atoms with Gasteiger partial charge >= 0.3 is 0 Å². The summed E-state index contributed by atoms with van der Waals surface area (Å²) in [5.74, 6) is -0.308. The van der Waals surface area contributed by atoms with Gasteiger partial charge in [0.1, 0.15) is 12.1 Å². The third kappa shape index (κ3) is 2.41. The topological polar surface area (TPSA) is 52.6 Å². The fourth-order valence-corrected chi connectivity index (χ4v) is 3.18. The molecule has 2 unspecified atom stereocenters. The summed E-state index contributed by atoms with van der Waals surface area (Å²) in [6, 6.07) is -0.721. The van der Waals surface area contributed by atoms with E-state index in [2.05, 4.69) is 56.7 Å². The number of piperazine rings is 1. The predicted octanol–water partition coefficient (Wildman–Crippen LogP) is 0.595. The molecule has 2 fully saturated rings. The Labute approximate surface area is 115 Å². The van der Waals surface area contributed by atoms with Crippen molar-refractivity contribution in [2.75, 3.05) is 13.1 Å². The van der Waals surface area contributed by atoms with Crippen molar-refractivity contribution in [3.63, 3.8) is 0 Å². The van der Waals surface area contributed by atoms with Gasteiger partial charge in [-0.05, 0) is 41.5 Å². The van der Waals surface area contributed by atoms with E-state index >= 15 is 0 Å². The van der Waals surface area contributed by atoms with Crippen molar-refractivity contribution in [2.45, 2.75) is 64.7 Å². The summed E-state index contributed by atoms with van der Waals surface area (Å²) < 4.78 is 0. The summed E-state index contributed by atoms with van der Waals surface area (Å²) in [4.78, 5) is 28.6. The number of hydrogen-bond acceptors (Lipinski definition) is 4. The number of rotatable bonds is 0. The lowest BCUT2D eigenvalue weighted by Crippen LogP contribution is -2.68. The van der Waals surface area contributed by atoms with Crippen molar-refractivity contribution < 1.29 is 9.59 Å². The van der Waals surface area contributed by atoms with Gasteiger partial charge in [-0.1, -0.05) is 0 Å². The number of carbonyl (C=O) groups is 2. The third-order valence-corrected chi connectivity index (χ3v) is 4.06. The predicted molar refractivity (Wildman–Crippen MR) is 73.6 cm³/mol. The van der Waals surface area contributed by atoms with Gasteiger partial charge in [0.2, 0.25) is 11.8 Å². The standard InChI is InChI=1S/C14H25N3O2/c1-13(2,3)16-7-8-17(14(4,5)6)10-9(16)11(18)15-12(10)19/h9-10H,7-8H2,1-6H3,(H,15,18,19). The maximum atomic E-state index is 12.1. The SMILES string of the molecule is CC(C)(C)N1CCN(C(C)(C)C)C2C(=O)NC(=O)C21. The van der Waals surface area contributed by atoms with E-state index in [-0.39, 0.29) is 35.0 Å². The summed E-state index contributed by atoms with van der Waals surface area (Å²) in [6.07, 6.45) is 0. The first-order chi connectivity index (χ1) is 8.53. The van der Waals surface area contributed by atoms with Crippen LogP contribution in [-0.4, -0.2) is 57.9 Å². The molecule has 2 heterocycles. The van der Waals surface area contributed by atoms with Crippen LogP contribution in [-0.2, 0) is 9.59 Å². The minimum Gasteiger partial charge on any atom is -0.294 e. The van der Waals surface area contributed by atoms with E-state index in [9.17, 15) is 9.59 Å². The van der Waals surface area contributed by atoms with Crippen LogP contribution >= 0.6 is 0 Å². The highest BCUT2D eigenvalue weighted by Gasteiger charge is 2.54. The highest BCUT2D eigenvalue weighted by molar-refractivity contribution is 6.09. The van der Waals surface area contributed by atoms with Crippen molar-refractivity contribution >= 4 is 11.8 Å². The molecule has 2 atom stereocenters. The molecule has 5 heteroatoms. The van der Waals surface area contributed by atoms with Crippen LogP contribution in [0.25, 0.3) is 0 Å². The number of hydrogen-bond donors (Lipinski definition) is 1. The number of amides is 2. The first-order valence-corrected chi connectivity index (χ1v) is 6.91. The Hall–Kier alpha value is -0.940. The molecule has 2 aliphatic heterocycles. The highest BCUT2D eigenvalue weighted by atomic mass is 16.2. The molecule has 0 spiro atoms. The van der Waals surface area contributed by atoms with E-state index in [1.54, 1.807) is 0 Å². The maximum Gasteiger partial charge on any atom is 0.246 e. The van der Waals surface area contributed by atoms with Crippen molar-refractivity contribution in [2.24, 2.45) is 0 Å². The van der Waals surface area contributed by atoms with E-state index in [4.69, 9.17) is 0 Å².